The minimum Gasteiger partial charge on any atom is -0.444 e. The lowest BCUT2D eigenvalue weighted by atomic mass is 9.83. The summed E-state index contributed by atoms with van der Waals surface area (Å²) >= 11 is 0. The van der Waals surface area contributed by atoms with Crippen LogP contribution in [0.1, 0.15) is 59.3 Å². The van der Waals surface area contributed by atoms with Crippen molar-refractivity contribution in [1.82, 2.24) is 10.2 Å². The number of ether oxygens (including phenoxy) is 1. The van der Waals surface area contributed by atoms with Crippen LogP contribution in [0, 0.1) is 0 Å². The van der Waals surface area contributed by atoms with Gasteiger partial charge in [-0.25, -0.2) is 4.79 Å². The monoisotopic (exact) mass is 298 g/mol. The van der Waals surface area contributed by atoms with Gasteiger partial charge in [0, 0.05) is 12.6 Å². The van der Waals surface area contributed by atoms with Crippen LogP contribution >= 0.6 is 0 Å². The second-order valence-corrected chi connectivity index (χ2v) is 7.50. The smallest absolute Gasteiger partial charge is 0.410 e. The highest BCUT2D eigenvalue weighted by molar-refractivity contribution is 5.68. The minimum absolute atomic E-state index is 0.108. The van der Waals surface area contributed by atoms with Gasteiger partial charge in [-0.1, -0.05) is 0 Å². The maximum Gasteiger partial charge on any atom is 0.410 e. The number of aliphatic hydroxyl groups is 1. The maximum absolute atomic E-state index is 12.4. The molecule has 0 aromatic rings. The molecule has 21 heavy (non-hydrogen) atoms. The van der Waals surface area contributed by atoms with Gasteiger partial charge in [-0.3, -0.25) is 0 Å². The molecule has 1 unspecified atom stereocenters. The van der Waals surface area contributed by atoms with Gasteiger partial charge < -0.3 is 20.1 Å². The third-order valence-corrected chi connectivity index (χ3v) is 4.40. The summed E-state index contributed by atoms with van der Waals surface area (Å²) in [7, 11) is 0. The zero-order chi connectivity index (χ0) is 15.5. The topological polar surface area (TPSA) is 61.8 Å². The number of amides is 1. The van der Waals surface area contributed by atoms with E-state index < -0.39 is 11.2 Å². The van der Waals surface area contributed by atoms with E-state index in [2.05, 4.69) is 5.32 Å². The molecule has 2 N–H and O–H groups in total. The van der Waals surface area contributed by atoms with Crippen molar-refractivity contribution in [2.75, 3.05) is 19.6 Å². The summed E-state index contributed by atoms with van der Waals surface area (Å²) in [5, 5.41) is 14.0. The molecule has 1 amide bonds. The standard InChI is InChI=1S/C16H30N2O3/c1-15(2,3)21-14(19)18-11-5-4-6-13(18)12-16(20)7-9-17-10-8-16/h13,17,20H,4-12H2,1-3H3. The Hall–Kier alpha value is -0.810. The molecule has 122 valence electrons. The molecular formula is C16H30N2O3. The molecule has 0 radical (unpaired) electrons. The highest BCUT2D eigenvalue weighted by atomic mass is 16.6. The lowest BCUT2D eigenvalue weighted by molar-refractivity contribution is -0.0362. The Labute approximate surface area is 128 Å². The van der Waals surface area contributed by atoms with E-state index in [0.717, 1.165) is 51.7 Å². The highest BCUT2D eigenvalue weighted by Crippen LogP contribution is 2.31. The van der Waals surface area contributed by atoms with Crippen LogP contribution in [0.2, 0.25) is 0 Å². The van der Waals surface area contributed by atoms with Crippen LogP contribution in [0.3, 0.4) is 0 Å². The quantitative estimate of drug-likeness (QED) is 0.821. The van der Waals surface area contributed by atoms with Crippen molar-refractivity contribution < 1.29 is 14.6 Å². The predicted molar refractivity (Wildman–Crippen MR) is 82.2 cm³/mol. The summed E-state index contributed by atoms with van der Waals surface area (Å²) in [5.41, 5.74) is -1.10. The van der Waals surface area contributed by atoms with Crippen molar-refractivity contribution in [3.63, 3.8) is 0 Å². The lowest BCUT2D eigenvalue weighted by Crippen LogP contribution is -2.51. The van der Waals surface area contributed by atoms with Crippen LogP contribution in [0.5, 0.6) is 0 Å². The highest BCUT2D eigenvalue weighted by Gasteiger charge is 2.37. The van der Waals surface area contributed by atoms with Crippen molar-refractivity contribution >= 4 is 6.09 Å². The van der Waals surface area contributed by atoms with Gasteiger partial charge in [0.2, 0.25) is 0 Å². The molecular weight excluding hydrogens is 268 g/mol. The van der Waals surface area contributed by atoms with Gasteiger partial charge in [-0.2, -0.15) is 0 Å². The minimum atomic E-state index is -0.631. The maximum atomic E-state index is 12.4. The summed E-state index contributed by atoms with van der Waals surface area (Å²) < 4.78 is 5.52. The average Bonchev–Trinajstić information content (AvgIpc) is 2.37. The van der Waals surface area contributed by atoms with E-state index in [0.29, 0.717) is 6.42 Å². The molecule has 5 heteroatoms. The molecule has 0 aromatic heterocycles. The fourth-order valence-corrected chi connectivity index (χ4v) is 3.31. The largest absolute Gasteiger partial charge is 0.444 e. The van der Waals surface area contributed by atoms with Gasteiger partial charge in [-0.05, 0) is 72.4 Å². The van der Waals surface area contributed by atoms with E-state index in [9.17, 15) is 9.90 Å². The Bertz CT molecular complexity index is 359. The van der Waals surface area contributed by atoms with Gasteiger partial charge in [0.15, 0.2) is 0 Å². The molecule has 0 spiro atoms. The molecule has 5 nitrogen and oxygen atoms in total. The fraction of sp³-hybridized carbons (Fsp3) is 0.938. The van der Waals surface area contributed by atoms with Crippen LogP contribution in [-0.4, -0.2) is 53.0 Å². The number of nitrogens with one attached hydrogen (secondary N) is 1. The molecule has 0 aromatic carbocycles. The van der Waals surface area contributed by atoms with E-state index in [1.165, 1.54) is 0 Å². The normalized spacial score (nSPS) is 26.5. The molecule has 2 rings (SSSR count). The lowest BCUT2D eigenvalue weighted by Gasteiger charge is -2.42. The molecule has 1 atom stereocenters. The van der Waals surface area contributed by atoms with E-state index in [1.807, 2.05) is 25.7 Å². The number of nitrogens with zero attached hydrogens (tertiary/aromatic N) is 1. The van der Waals surface area contributed by atoms with Gasteiger partial charge >= 0.3 is 6.09 Å². The zero-order valence-electron chi connectivity index (χ0n) is 13.7. The number of likely N-dealkylation sites (tertiary alicyclic amines) is 1. The Morgan fingerprint density at radius 3 is 2.62 bits per heavy atom. The number of piperidine rings is 2. The third-order valence-electron chi connectivity index (χ3n) is 4.40. The second kappa shape index (κ2) is 6.53. The van der Waals surface area contributed by atoms with Gasteiger partial charge in [0.25, 0.3) is 0 Å². The molecule has 2 saturated heterocycles. The summed E-state index contributed by atoms with van der Waals surface area (Å²) in [5.74, 6) is 0. The average molecular weight is 298 g/mol. The van der Waals surface area contributed by atoms with Gasteiger partial charge in [-0.15, -0.1) is 0 Å². The van der Waals surface area contributed by atoms with Crippen molar-refractivity contribution in [1.29, 1.82) is 0 Å². The summed E-state index contributed by atoms with van der Waals surface area (Å²) in [6.45, 7) is 8.14. The van der Waals surface area contributed by atoms with E-state index in [1.54, 1.807) is 0 Å². The third kappa shape index (κ3) is 4.85. The zero-order valence-corrected chi connectivity index (χ0v) is 13.7. The van der Waals surface area contributed by atoms with Crippen LogP contribution in [0.25, 0.3) is 0 Å². The predicted octanol–water partition coefficient (Wildman–Crippen LogP) is 2.28. The number of carbonyl (C=O) groups excluding carboxylic acids is 1. The van der Waals surface area contributed by atoms with Gasteiger partial charge in [0.05, 0.1) is 5.60 Å². The Morgan fingerprint density at radius 1 is 1.33 bits per heavy atom. The first-order valence-electron chi connectivity index (χ1n) is 8.22. The summed E-state index contributed by atoms with van der Waals surface area (Å²) in [4.78, 5) is 14.2. The first-order valence-corrected chi connectivity index (χ1v) is 8.22. The van der Waals surface area contributed by atoms with Crippen molar-refractivity contribution in [2.45, 2.75) is 76.5 Å². The molecule has 2 aliphatic rings. The van der Waals surface area contributed by atoms with Crippen LogP contribution in [-0.2, 0) is 4.74 Å². The SMILES string of the molecule is CC(C)(C)OC(=O)N1CCCCC1CC1(O)CCNCC1. The number of hydrogen-bond donors (Lipinski definition) is 2. The van der Waals surface area contributed by atoms with E-state index in [-0.39, 0.29) is 12.1 Å². The number of hydrogen-bond acceptors (Lipinski definition) is 4. The molecule has 2 fully saturated rings. The van der Waals surface area contributed by atoms with E-state index in [4.69, 9.17) is 4.74 Å². The van der Waals surface area contributed by atoms with Crippen LogP contribution in [0.4, 0.5) is 4.79 Å². The Balaban J connectivity index is 1.99. The van der Waals surface area contributed by atoms with Crippen LogP contribution < -0.4 is 5.32 Å². The number of carbonyl (C=O) groups is 1. The fourth-order valence-electron chi connectivity index (χ4n) is 3.31. The molecule has 0 bridgehead atoms. The molecule has 2 aliphatic heterocycles. The first kappa shape index (κ1) is 16.6. The second-order valence-electron chi connectivity index (χ2n) is 7.50. The molecule has 0 saturated carbocycles. The Morgan fingerprint density at radius 2 is 2.00 bits per heavy atom. The number of rotatable bonds is 2. The van der Waals surface area contributed by atoms with Crippen molar-refractivity contribution in [2.24, 2.45) is 0 Å². The summed E-state index contributed by atoms with van der Waals surface area (Å²) in [6.07, 6.45) is 5.10. The first-order chi connectivity index (χ1) is 9.79. The summed E-state index contributed by atoms with van der Waals surface area (Å²) in [6, 6.07) is 0.108. The van der Waals surface area contributed by atoms with Crippen molar-refractivity contribution in [3.8, 4) is 0 Å². The van der Waals surface area contributed by atoms with Crippen LogP contribution in [0.15, 0.2) is 0 Å². The van der Waals surface area contributed by atoms with E-state index >= 15 is 0 Å². The molecule has 0 aliphatic carbocycles. The van der Waals surface area contributed by atoms with Crippen molar-refractivity contribution in [3.05, 3.63) is 0 Å². The van der Waals surface area contributed by atoms with Gasteiger partial charge in [0.1, 0.15) is 5.60 Å². The molecule has 2 heterocycles. The Kier molecular flexibility index (Phi) is 5.15.